The molecule has 0 radical (unpaired) electrons. The number of hydrogen-bond donors (Lipinski definition) is 1. The van der Waals surface area contributed by atoms with Crippen LogP contribution >= 0.6 is 11.8 Å². The molecule has 2 nitrogen and oxygen atoms in total. The number of nitriles is 1. The van der Waals surface area contributed by atoms with Gasteiger partial charge in [-0.15, -0.1) is 0 Å². The Hall–Kier alpha value is -1.35. The molecule has 0 spiro atoms. The van der Waals surface area contributed by atoms with Gasteiger partial charge < -0.3 is 5.32 Å². The van der Waals surface area contributed by atoms with E-state index in [2.05, 4.69) is 12.2 Å². The van der Waals surface area contributed by atoms with E-state index >= 15 is 0 Å². The Morgan fingerprint density at radius 1 is 1.40 bits per heavy atom. The number of alkyl halides is 3. The number of nitrogens with one attached hydrogen (secondary N) is 1. The molecule has 2 rings (SSSR count). The van der Waals surface area contributed by atoms with Gasteiger partial charge in [0.05, 0.1) is 16.8 Å². The highest BCUT2D eigenvalue weighted by Gasteiger charge is 2.31. The SMILES string of the molecule is CC1SCCCC1Nc1ccc(C(F)(F)F)cc1C#N. The fourth-order valence-corrected chi connectivity index (χ4v) is 3.39. The Balaban J connectivity index is 2.22. The molecule has 0 amide bonds. The molecule has 1 aliphatic rings. The summed E-state index contributed by atoms with van der Waals surface area (Å²) in [6, 6.07) is 5.31. The Bertz CT molecular complexity index is 522. The Kier molecular flexibility index (Phi) is 4.48. The minimum Gasteiger partial charge on any atom is -0.380 e. The fraction of sp³-hybridized carbons (Fsp3) is 0.500. The van der Waals surface area contributed by atoms with Crippen molar-refractivity contribution in [1.82, 2.24) is 0 Å². The van der Waals surface area contributed by atoms with Crippen LogP contribution < -0.4 is 5.32 Å². The van der Waals surface area contributed by atoms with Gasteiger partial charge in [-0.3, -0.25) is 0 Å². The third-order valence-corrected chi connectivity index (χ3v) is 4.79. The van der Waals surface area contributed by atoms with Crippen molar-refractivity contribution in [3.63, 3.8) is 0 Å². The summed E-state index contributed by atoms with van der Waals surface area (Å²) in [7, 11) is 0. The van der Waals surface area contributed by atoms with Crippen LogP contribution in [0.1, 0.15) is 30.9 Å². The van der Waals surface area contributed by atoms with Crippen molar-refractivity contribution < 1.29 is 13.2 Å². The molecule has 1 fully saturated rings. The predicted octanol–water partition coefficient (Wildman–Crippen LogP) is 4.27. The normalized spacial score (nSPS) is 23.1. The van der Waals surface area contributed by atoms with Crippen molar-refractivity contribution in [2.75, 3.05) is 11.1 Å². The molecular weight excluding hydrogens is 285 g/mol. The summed E-state index contributed by atoms with van der Waals surface area (Å²) >= 11 is 1.84. The van der Waals surface area contributed by atoms with E-state index in [1.54, 1.807) is 0 Å². The molecule has 1 aromatic rings. The number of rotatable bonds is 2. The summed E-state index contributed by atoms with van der Waals surface area (Å²) in [6.07, 6.45) is -2.37. The van der Waals surface area contributed by atoms with Gasteiger partial charge in [-0.05, 0) is 36.8 Å². The van der Waals surface area contributed by atoms with Crippen LogP contribution in [0.4, 0.5) is 18.9 Å². The molecule has 108 valence electrons. The Morgan fingerprint density at radius 3 is 2.75 bits per heavy atom. The molecule has 0 aromatic heterocycles. The average molecular weight is 300 g/mol. The summed E-state index contributed by atoms with van der Waals surface area (Å²) in [6.45, 7) is 2.09. The van der Waals surface area contributed by atoms with E-state index in [9.17, 15) is 13.2 Å². The number of benzene rings is 1. The number of thioether (sulfide) groups is 1. The molecule has 0 bridgehead atoms. The summed E-state index contributed by atoms with van der Waals surface area (Å²) in [5.41, 5.74) is -0.256. The summed E-state index contributed by atoms with van der Waals surface area (Å²) in [5, 5.41) is 12.6. The molecule has 2 unspecified atom stereocenters. The fourth-order valence-electron chi connectivity index (χ4n) is 2.25. The molecule has 6 heteroatoms. The Morgan fingerprint density at radius 2 is 2.15 bits per heavy atom. The third kappa shape index (κ3) is 3.40. The van der Waals surface area contributed by atoms with E-state index < -0.39 is 11.7 Å². The molecule has 0 saturated carbocycles. The van der Waals surface area contributed by atoms with Crippen molar-refractivity contribution in [2.45, 2.75) is 37.2 Å². The number of halogens is 3. The zero-order valence-corrected chi connectivity index (χ0v) is 11.8. The van der Waals surface area contributed by atoms with Crippen LogP contribution in [0.25, 0.3) is 0 Å². The van der Waals surface area contributed by atoms with Gasteiger partial charge in [-0.1, -0.05) is 6.92 Å². The largest absolute Gasteiger partial charge is 0.416 e. The van der Waals surface area contributed by atoms with E-state index in [0.29, 0.717) is 10.9 Å². The van der Waals surface area contributed by atoms with E-state index in [4.69, 9.17) is 5.26 Å². The third-order valence-electron chi connectivity index (χ3n) is 3.42. The minimum absolute atomic E-state index is 0.0441. The van der Waals surface area contributed by atoms with Crippen molar-refractivity contribution in [3.05, 3.63) is 29.3 Å². The van der Waals surface area contributed by atoms with Crippen LogP contribution in [0.2, 0.25) is 0 Å². The lowest BCUT2D eigenvalue weighted by molar-refractivity contribution is -0.137. The van der Waals surface area contributed by atoms with Gasteiger partial charge in [0.15, 0.2) is 0 Å². The van der Waals surface area contributed by atoms with Gasteiger partial charge in [-0.2, -0.15) is 30.2 Å². The zero-order chi connectivity index (χ0) is 14.8. The topological polar surface area (TPSA) is 35.8 Å². The van der Waals surface area contributed by atoms with E-state index in [1.807, 2.05) is 17.8 Å². The van der Waals surface area contributed by atoms with Gasteiger partial charge in [0.2, 0.25) is 0 Å². The van der Waals surface area contributed by atoms with Crippen LogP contribution in [0, 0.1) is 11.3 Å². The smallest absolute Gasteiger partial charge is 0.380 e. The summed E-state index contributed by atoms with van der Waals surface area (Å²) in [4.78, 5) is 0. The Labute approximate surface area is 120 Å². The van der Waals surface area contributed by atoms with E-state index in [-0.39, 0.29) is 11.6 Å². The first-order chi connectivity index (χ1) is 9.41. The average Bonchev–Trinajstić information content (AvgIpc) is 2.40. The first-order valence-corrected chi connectivity index (χ1v) is 7.46. The van der Waals surface area contributed by atoms with Crippen LogP contribution in [0.3, 0.4) is 0 Å². The molecule has 1 aromatic carbocycles. The van der Waals surface area contributed by atoms with Crippen molar-refractivity contribution in [1.29, 1.82) is 5.26 Å². The molecule has 2 atom stereocenters. The molecule has 0 aliphatic carbocycles. The van der Waals surface area contributed by atoms with Gasteiger partial charge in [0, 0.05) is 11.3 Å². The first-order valence-electron chi connectivity index (χ1n) is 6.41. The van der Waals surface area contributed by atoms with Crippen LogP contribution in [-0.4, -0.2) is 17.0 Å². The highest BCUT2D eigenvalue weighted by atomic mass is 32.2. The second kappa shape index (κ2) is 5.96. The molecule has 1 N–H and O–H groups in total. The van der Waals surface area contributed by atoms with Gasteiger partial charge >= 0.3 is 6.18 Å². The summed E-state index contributed by atoms with van der Waals surface area (Å²) < 4.78 is 37.9. The van der Waals surface area contributed by atoms with Crippen LogP contribution in [0.5, 0.6) is 0 Å². The zero-order valence-electron chi connectivity index (χ0n) is 11.0. The minimum atomic E-state index is -4.42. The van der Waals surface area contributed by atoms with Crippen molar-refractivity contribution in [2.24, 2.45) is 0 Å². The van der Waals surface area contributed by atoms with Crippen LogP contribution in [-0.2, 0) is 6.18 Å². The van der Waals surface area contributed by atoms with Crippen LogP contribution in [0.15, 0.2) is 18.2 Å². The van der Waals surface area contributed by atoms with Gasteiger partial charge in [-0.25, -0.2) is 0 Å². The lowest BCUT2D eigenvalue weighted by atomic mass is 10.0. The predicted molar refractivity (Wildman–Crippen MR) is 74.7 cm³/mol. The van der Waals surface area contributed by atoms with Gasteiger partial charge in [0.25, 0.3) is 0 Å². The summed E-state index contributed by atoms with van der Waals surface area (Å²) in [5.74, 6) is 1.11. The maximum atomic E-state index is 12.6. The highest BCUT2D eigenvalue weighted by molar-refractivity contribution is 8.00. The monoisotopic (exact) mass is 300 g/mol. The second-order valence-corrected chi connectivity index (χ2v) is 6.32. The van der Waals surface area contributed by atoms with E-state index in [0.717, 1.165) is 30.7 Å². The maximum Gasteiger partial charge on any atom is 0.416 e. The number of nitrogens with zero attached hydrogens (tertiary/aromatic N) is 1. The quantitative estimate of drug-likeness (QED) is 0.886. The first kappa shape index (κ1) is 15.0. The molecular formula is C14H15F3N2S. The number of hydrogen-bond acceptors (Lipinski definition) is 3. The molecule has 1 aliphatic heterocycles. The standard InChI is InChI=1S/C14H15F3N2S/c1-9-12(3-2-6-20-9)19-13-5-4-11(14(15,16)17)7-10(13)8-18/h4-5,7,9,12,19H,2-3,6H2,1H3. The molecule has 20 heavy (non-hydrogen) atoms. The van der Waals surface area contributed by atoms with Crippen molar-refractivity contribution in [3.8, 4) is 6.07 Å². The van der Waals surface area contributed by atoms with Crippen molar-refractivity contribution >= 4 is 17.4 Å². The second-order valence-electron chi connectivity index (χ2n) is 4.84. The lowest BCUT2D eigenvalue weighted by Gasteiger charge is -2.30. The van der Waals surface area contributed by atoms with Gasteiger partial charge in [0.1, 0.15) is 6.07 Å². The number of anilines is 1. The maximum absolute atomic E-state index is 12.6. The molecule has 1 saturated heterocycles. The van der Waals surface area contributed by atoms with E-state index in [1.165, 1.54) is 6.07 Å². The highest BCUT2D eigenvalue weighted by Crippen LogP contribution is 2.33. The lowest BCUT2D eigenvalue weighted by Crippen LogP contribution is -2.33. The molecule has 1 heterocycles.